The summed E-state index contributed by atoms with van der Waals surface area (Å²) in [5, 5.41) is 6.10. The summed E-state index contributed by atoms with van der Waals surface area (Å²) >= 11 is 0. The summed E-state index contributed by atoms with van der Waals surface area (Å²) in [6.07, 6.45) is 2.14. The van der Waals surface area contributed by atoms with E-state index in [2.05, 4.69) is 29.7 Å². The van der Waals surface area contributed by atoms with Crippen molar-refractivity contribution in [1.29, 1.82) is 0 Å². The van der Waals surface area contributed by atoms with Crippen LogP contribution in [0.5, 0.6) is 5.75 Å². The van der Waals surface area contributed by atoms with Crippen LogP contribution in [0.15, 0.2) is 24.3 Å². The fraction of sp³-hybridized carbons (Fsp3) is 0.588. The highest BCUT2D eigenvalue weighted by atomic mass is 16.5. The molecule has 0 radical (unpaired) electrons. The molecule has 118 valence electrons. The Hall–Kier alpha value is -1.55. The van der Waals surface area contributed by atoms with Crippen molar-refractivity contribution < 1.29 is 9.53 Å². The lowest BCUT2D eigenvalue weighted by Gasteiger charge is -2.20. The second-order valence-corrected chi connectivity index (χ2v) is 6.46. The molecular weight excluding hydrogens is 264 g/mol. The Morgan fingerprint density at radius 2 is 1.86 bits per heavy atom. The lowest BCUT2D eigenvalue weighted by atomic mass is 10.1. The van der Waals surface area contributed by atoms with E-state index < -0.39 is 0 Å². The van der Waals surface area contributed by atoms with Crippen molar-refractivity contribution in [3.63, 3.8) is 0 Å². The number of aryl methyl sites for hydroxylation is 1. The Morgan fingerprint density at radius 3 is 2.38 bits per heavy atom. The standard InChI is InChI=1S/C17H28N2O2/c1-13(18-5)6-7-14-8-10-15(11-9-14)21-12-16(20)19-17(2,3)4/h8-11,13,18H,6-7,12H2,1-5H3,(H,19,20). The van der Waals surface area contributed by atoms with Gasteiger partial charge in [0.05, 0.1) is 0 Å². The monoisotopic (exact) mass is 292 g/mol. The number of nitrogens with one attached hydrogen (secondary N) is 2. The van der Waals surface area contributed by atoms with Gasteiger partial charge in [0.25, 0.3) is 5.91 Å². The van der Waals surface area contributed by atoms with Crippen LogP contribution in [0.1, 0.15) is 39.7 Å². The summed E-state index contributed by atoms with van der Waals surface area (Å²) in [5.74, 6) is 0.624. The van der Waals surface area contributed by atoms with Crippen LogP contribution in [0.3, 0.4) is 0 Å². The fourth-order valence-electron chi connectivity index (χ4n) is 1.88. The zero-order chi connectivity index (χ0) is 15.9. The average molecular weight is 292 g/mol. The first-order valence-corrected chi connectivity index (χ1v) is 7.50. The third-order valence-corrected chi connectivity index (χ3v) is 3.17. The Labute approximate surface area is 128 Å². The zero-order valence-electron chi connectivity index (χ0n) is 13.8. The number of ether oxygens (including phenoxy) is 1. The van der Waals surface area contributed by atoms with E-state index in [0.717, 1.165) is 18.6 Å². The quantitative estimate of drug-likeness (QED) is 0.812. The van der Waals surface area contributed by atoms with Crippen molar-refractivity contribution in [3.8, 4) is 5.75 Å². The summed E-state index contributed by atoms with van der Waals surface area (Å²) in [4.78, 5) is 11.7. The van der Waals surface area contributed by atoms with Gasteiger partial charge in [-0.25, -0.2) is 0 Å². The summed E-state index contributed by atoms with van der Waals surface area (Å²) in [5.41, 5.74) is 1.05. The Kier molecular flexibility index (Phi) is 6.69. The number of carbonyl (C=O) groups is 1. The third kappa shape index (κ3) is 7.71. The molecule has 1 aromatic carbocycles. The molecule has 0 aromatic heterocycles. The maximum atomic E-state index is 11.7. The number of benzene rings is 1. The molecule has 0 aliphatic rings. The van der Waals surface area contributed by atoms with Gasteiger partial charge in [0, 0.05) is 11.6 Å². The first-order valence-electron chi connectivity index (χ1n) is 7.50. The Balaban J connectivity index is 2.39. The van der Waals surface area contributed by atoms with Crippen molar-refractivity contribution in [2.75, 3.05) is 13.7 Å². The van der Waals surface area contributed by atoms with Crippen LogP contribution < -0.4 is 15.4 Å². The highest BCUT2D eigenvalue weighted by molar-refractivity contribution is 5.78. The minimum atomic E-state index is -0.228. The van der Waals surface area contributed by atoms with E-state index in [-0.39, 0.29) is 18.1 Å². The van der Waals surface area contributed by atoms with Crippen LogP contribution in [0.4, 0.5) is 0 Å². The molecule has 1 atom stereocenters. The number of carbonyl (C=O) groups excluding carboxylic acids is 1. The van der Waals surface area contributed by atoms with Gasteiger partial charge in [-0.05, 0) is 65.3 Å². The molecule has 2 N–H and O–H groups in total. The molecule has 1 unspecified atom stereocenters. The van der Waals surface area contributed by atoms with Gasteiger partial charge in [-0.1, -0.05) is 12.1 Å². The predicted octanol–water partition coefficient (Wildman–Crippen LogP) is 2.52. The molecule has 0 aliphatic carbocycles. The maximum Gasteiger partial charge on any atom is 0.258 e. The SMILES string of the molecule is CNC(C)CCc1ccc(OCC(=O)NC(C)(C)C)cc1. The zero-order valence-corrected chi connectivity index (χ0v) is 13.8. The van der Waals surface area contributed by atoms with Crippen LogP contribution in [0, 0.1) is 0 Å². The minimum Gasteiger partial charge on any atom is -0.484 e. The maximum absolute atomic E-state index is 11.7. The van der Waals surface area contributed by atoms with E-state index >= 15 is 0 Å². The van der Waals surface area contributed by atoms with Gasteiger partial charge in [-0.3, -0.25) is 4.79 Å². The van der Waals surface area contributed by atoms with Gasteiger partial charge < -0.3 is 15.4 Å². The minimum absolute atomic E-state index is 0.0490. The third-order valence-electron chi connectivity index (χ3n) is 3.17. The predicted molar refractivity (Wildman–Crippen MR) is 86.7 cm³/mol. The number of hydrogen-bond donors (Lipinski definition) is 2. The molecule has 0 bridgehead atoms. The molecular formula is C17H28N2O2. The number of amides is 1. The first kappa shape index (κ1) is 17.5. The molecule has 4 nitrogen and oxygen atoms in total. The second-order valence-electron chi connectivity index (χ2n) is 6.46. The van der Waals surface area contributed by atoms with Gasteiger partial charge in [0.1, 0.15) is 5.75 Å². The van der Waals surface area contributed by atoms with Gasteiger partial charge in [-0.15, -0.1) is 0 Å². The number of rotatable bonds is 7. The molecule has 0 fully saturated rings. The second kappa shape index (κ2) is 8.03. The Bertz CT molecular complexity index is 435. The van der Waals surface area contributed by atoms with Crippen molar-refractivity contribution in [2.24, 2.45) is 0 Å². The molecule has 0 spiro atoms. The van der Waals surface area contributed by atoms with Crippen molar-refractivity contribution in [2.45, 2.75) is 52.1 Å². The molecule has 1 amide bonds. The topological polar surface area (TPSA) is 50.4 Å². The van der Waals surface area contributed by atoms with E-state index in [1.807, 2.05) is 40.0 Å². The molecule has 0 aliphatic heterocycles. The van der Waals surface area contributed by atoms with E-state index in [0.29, 0.717) is 6.04 Å². The van der Waals surface area contributed by atoms with Crippen molar-refractivity contribution in [1.82, 2.24) is 10.6 Å². The molecule has 21 heavy (non-hydrogen) atoms. The Morgan fingerprint density at radius 1 is 1.24 bits per heavy atom. The van der Waals surface area contributed by atoms with E-state index in [9.17, 15) is 4.79 Å². The van der Waals surface area contributed by atoms with Crippen LogP contribution in [-0.2, 0) is 11.2 Å². The van der Waals surface area contributed by atoms with Gasteiger partial charge in [-0.2, -0.15) is 0 Å². The average Bonchev–Trinajstić information content (AvgIpc) is 2.41. The first-order chi connectivity index (χ1) is 9.80. The molecule has 4 heteroatoms. The van der Waals surface area contributed by atoms with E-state index in [4.69, 9.17) is 4.74 Å². The summed E-state index contributed by atoms with van der Waals surface area (Å²) < 4.78 is 5.49. The normalized spacial score (nSPS) is 12.8. The lowest BCUT2D eigenvalue weighted by Crippen LogP contribution is -2.43. The largest absolute Gasteiger partial charge is 0.484 e. The molecule has 1 rings (SSSR count). The molecule has 0 saturated carbocycles. The van der Waals surface area contributed by atoms with Crippen LogP contribution >= 0.6 is 0 Å². The smallest absolute Gasteiger partial charge is 0.258 e. The molecule has 0 saturated heterocycles. The van der Waals surface area contributed by atoms with Crippen LogP contribution in [-0.4, -0.2) is 31.1 Å². The number of hydrogen-bond acceptors (Lipinski definition) is 3. The highest BCUT2D eigenvalue weighted by Crippen LogP contribution is 2.14. The fourth-order valence-corrected chi connectivity index (χ4v) is 1.88. The molecule has 0 heterocycles. The van der Waals surface area contributed by atoms with Crippen LogP contribution in [0.2, 0.25) is 0 Å². The highest BCUT2D eigenvalue weighted by Gasteiger charge is 2.13. The van der Waals surface area contributed by atoms with Crippen LogP contribution in [0.25, 0.3) is 0 Å². The molecule has 1 aromatic rings. The van der Waals surface area contributed by atoms with Gasteiger partial charge in [0.15, 0.2) is 6.61 Å². The lowest BCUT2D eigenvalue weighted by molar-refractivity contribution is -0.124. The van der Waals surface area contributed by atoms with E-state index in [1.165, 1.54) is 5.56 Å². The van der Waals surface area contributed by atoms with Crippen molar-refractivity contribution >= 4 is 5.91 Å². The van der Waals surface area contributed by atoms with Crippen molar-refractivity contribution in [3.05, 3.63) is 29.8 Å². The summed E-state index contributed by atoms with van der Waals surface area (Å²) in [6, 6.07) is 8.47. The summed E-state index contributed by atoms with van der Waals surface area (Å²) in [7, 11) is 1.98. The van der Waals surface area contributed by atoms with E-state index in [1.54, 1.807) is 0 Å². The summed E-state index contributed by atoms with van der Waals surface area (Å²) in [6.45, 7) is 8.07. The van der Waals surface area contributed by atoms with Gasteiger partial charge in [0.2, 0.25) is 0 Å². The van der Waals surface area contributed by atoms with Gasteiger partial charge >= 0.3 is 0 Å².